The van der Waals surface area contributed by atoms with Crippen molar-refractivity contribution in [3.63, 3.8) is 0 Å². The summed E-state index contributed by atoms with van der Waals surface area (Å²) in [6, 6.07) is 43.7. The number of carboxylic acid groups (broad SMARTS) is 1. The third-order valence-corrected chi connectivity index (χ3v) is 16.4. The van der Waals surface area contributed by atoms with E-state index in [4.69, 9.17) is 94.1 Å². The Labute approximate surface area is 532 Å². The summed E-state index contributed by atoms with van der Waals surface area (Å²) in [5, 5.41) is 10.4. The first kappa shape index (κ1) is 63.6. The van der Waals surface area contributed by atoms with E-state index in [1.165, 1.54) is 21.3 Å². The predicted octanol–water partition coefficient (Wildman–Crippen LogP) is 11.6. The van der Waals surface area contributed by atoms with E-state index in [-0.39, 0.29) is 50.3 Å². The number of methoxy groups -OCH3 is 3. The fourth-order valence-electron chi connectivity index (χ4n) is 11.0. The predicted molar refractivity (Wildman–Crippen MR) is 322 cm³/mol. The van der Waals surface area contributed by atoms with Gasteiger partial charge >= 0.3 is 42.7 Å². The topological polar surface area (TPSA) is 208 Å². The van der Waals surface area contributed by atoms with Gasteiger partial charge in [0.1, 0.15) is 34.5 Å². The first-order valence-corrected chi connectivity index (χ1v) is 28.1. The molecule has 442 valence electrons. The maximum atomic E-state index is 13.2. The second kappa shape index (κ2) is 26.2. The van der Waals surface area contributed by atoms with E-state index in [1.807, 2.05) is 103 Å². The Balaban J connectivity index is 0.000000203. The maximum Gasteiger partial charge on any atom is 1.00 e. The number of ether oxygens (including phenoxy) is 9. The van der Waals surface area contributed by atoms with Gasteiger partial charge in [-0.15, -0.1) is 0 Å². The standard InChI is InChI=1S/C33H27Cl2NO7.C32H25Cl2NO7.Li.H2O/c1-36(20-11-8-19(9-12-20)10-13-31(37)40-3)27-16-28-23(14-25(27)34)33(22-7-5-4-6-21(22)32(38)43-33)24-15-26(35)30(41-18-39-2)17-29(24)42-28;1-35(19-10-7-18(8-11-19)9-12-30(36)37)26-15-27-22(13-24(26)33)32(21-6-4-3-5-20(21)31(38)42-32)23-14-25(34)29(40-17-39-2)16-28(23)41-27;;/h4-9,11-12,14-17H,10,13,18H2,1-3H3;3-8,10-11,13-16H,9,12,17H2,1-2H3,(H,36,37);;1H2/q;;+1;/p-1. The zero-order valence-corrected chi connectivity index (χ0v) is 50.7. The van der Waals surface area contributed by atoms with Gasteiger partial charge < -0.3 is 63.0 Å². The summed E-state index contributed by atoms with van der Waals surface area (Å²) in [7, 11) is 8.17. The summed E-state index contributed by atoms with van der Waals surface area (Å²) >= 11 is 27.1. The number of carbonyl (C=O) groups excluding carboxylic acids is 3. The van der Waals surface area contributed by atoms with Crippen LogP contribution in [0.4, 0.5) is 22.7 Å². The zero-order valence-electron chi connectivity index (χ0n) is 47.7. The van der Waals surface area contributed by atoms with Gasteiger partial charge in [-0.05, 0) is 84.6 Å². The summed E-state index contributed by atoms with van der Waals surface area (Å²) in [4.78, 5) is 52.7. The molecule has 12 rings (SSSR count). The maximum absolute atomic E-state index is 13.2. The Hall–Kier alpha value is -7.92. The van der Waals surface area contributed by atoms with Gasteiger partial charge in [0.15, 0.2) is 24.8 Å². The molecule has 87 heavy (non-hydrogen) atoms. The van der Waals surface area contributed by atoms with Crippen LogP contribution in [-0.4, -0.2) is 83.5 Å². The smallest absolute Gasteiger partial charge is 0.870 e. The molecule has 0 saturated carbocycles. The van der Waals surface area contributed by atoms with Crippen LogP contribution in [-0.2, 0) is 57.3 Å². The van der Waals surface area contributed by atoms with Crippen LogP contribution in [0, 0.1) is 0 Å². The van der Waals surface area contributed by atoms with Crippen molar-refractivity contribution in [1.82, 2.24) is 0 Å². The van der Waals surface area contributed by atoms with Crippen LogP contribution in [0.15, 0.2) is 146 Å². The van der Waals surface area contributed by atoms with Crippen molar-refractivity contribution < 1.29 is 91.3 Å². The summed E-state index contributed by atoms with van der Waals surface area (Å²) in [6.45, 7) is -0.0260. The van der Waals surface area contributed by atoms with Gasteiger partial charge in [-0.25, -0.2) is 9.59 Å². The number of aryl methyl sites for hydroxylation is 2. The van der Waals surface area contributed by atoms with E-state index >= 15 is 0 Å². The van der Waals surface area contributed by atoms with Crippen molar-refractivity contribution in [3.8, 4) is 34.5 Å². The number of benzene rings is 8. The van der Waals surface area contributed by atoms with Crippen LogP contribution >= 0.6 is 46.4 Å². The van der Waals surface area contributed by atoms with Crippen LogP contribution in [0.2, 0.25) is 20.1 Å². The minimum Gasteiger partial charge on any atom is -0.870 e. The number of rotatable bonds is 16. The van der Waals surface area contributed by atoms with E-state index in [2.05, 4.69) is 0 Å². The molecule has 8 aromatic rings. The number of halogens is 4. The molecule has 2 unspecified atom stereocenters. The van der Waals surface area contributed by atoms with Crippen LogP contribution in [0.1, 0.15) is 78.1 Å². The van der Waals surface area contributed by atoms with Crippen LogP contribution in [0.25, 0.3) is 0 Å². The monoisotopic (exact) mass is 1250 g/mol. The molecule has 4 aliphatic heterocycles. The molecule has 0 bridgehead atoms. The quantitative estimate of drug-likeness (QED) is 0.0413. The van der Waals surface area contributed by atoms with Gasteiger partial charge in [0.2, 0.25) is 0 Å². The Kier molecular flexibility index (Phi) is 19.1. The number of fused-ring (bicyclic) bond motifs is 12. The molecule has 4 aliphatic rings. The Morgan fingerprint density at radius 1 is 0.506 bits per heavy atom. The second-order valence-electron chi connectivity index (χ2n) is 20.1. The fourth-order valence-corrected chi connectivity index (χ4v) is 12.0. The molecule has 2 spiro atoms. The van der Waals surface area contributed by atoms with Crippen LogP contribution < -0.4 is 47.6 Å². The molecule has 2 N–H and O–H groups in total. The minimum absolute atomic E-state index is 0. The molecule has 0 radical (unpaired) electrons. The first-order chi connectivity index (χ1) is 41.0. The fraction of sp³-hybridized carbons (Fsp3) is 0.200. The van der Waals surface area contributed by atoms with Gasteiger partial charge in [0, 0.05) is 110 Å². The van der Waals surface area contributed by atoms with E-state index in [9.17, 15) is 19.2 Å². The molecule has 2 atom stereocenters. The van der Waals surface area contributed by atoms with Crippen LogP contribution in [0.5, 0.6) is 34.5 Å². The minimum atomic E-state index is -1.35. The molecule has 0 aliphatic carbocycles. The Bertz CT molecular complexity index is 3980. The molecular weight excluding hydrogens is 1200 g/mol. The number of anilines is 4. The van der Waals surface area contributed by atoms with Crippen molar-refractivity contribution in [1.29, 1.82) is 0 Å². The van der Waals surface area contributed by atoms with E-state index < -0.39 is 29.1 Å². The molecule has 8 aromatic carbocycles. The molecule has 4 heterocycles. The molecule has 22 heteroatoms. The molecule has 0 amide bonds. The van der Waals surface area contributed by atoms with E-state index in [0.717, 1.165) is 22.5 Å². The van der Waals surface area contributed by atoms with E-state index in [0.29, 0.717) is 130 Å². The van der Waals surface area contributed by atoms with Gasteiger partial charge in [-0.2, -0.15) is 0 Å². The zero-order chi connectivity index (χ0) is 59.9. The molecule has 17 nitrogen and oxygen atoms in total. The van der Waals surface area contributed by atoms with Gasteiger partial charge in [-0.1, -0.05) is 107 Å². The number of carbonyl (C=O) groups is 4. The summed E-state index contributed by atoms with van der Waals surface area (Å²) in [6.07, 6.45) is 1.38. The van der Waals surface area contributed by atoms with Crippen molar-refractivity contribution in [3.05, 3.63) is 221 Å². The third-order valence-electron chi connectivity index (χ3n) is 15.2. The summed E-state index contributed by atoms with van der Waals surface area (Å²) in [5.41, 5.74) is 6.65. The van der Waals surface area contributed by atoms with Crippen LogP contribution in [0.3, 0.4) is 0 Å². The second-order valence-corrected chi connectivity index (χ2v) is 21.7. The largest absolute Gasteiger partial charge is 1.00 e. The molecule has 0 aromatic heterocycles. The number of hydrogen-bond donors (Lipinski definition) is 1. The molecular formula is C65H53Cl4LiN2O15. The van der Waals surface area contributed by atoms with Crippen molar-refractivity contribution in [2.24, 2.45) is 0 Å². The van der Waals surface area contributed by atoms with Crippen molar-refractivity contribution in [2.75, 3.05) is 58.8 Å². The third kappa shape index (κ3) is 11.8. The summed E-state index contributed by atoms with van der Waals surface area (Å²) < 4.78 is 51.5. The van der Waals surface area contributed by atoms with Gasteiger partial charge in [-0.3, -0.25) is 9.59 Å². The number of hydrogen-bond acceptors (Lipinski definition) is 16. The number of aliphatic carboxylic acids is 1. The van der Waals surface area contributed by atoms with E-state index in [1.54, 1.807) is 66.7 Å². The Morgan fingerprint density at radius 2 is 0.874 bits per heavy atom. The average Bonchev–Trinajstić information content (AvgIpc) is 1.66. The number of carboxylic acids is 1. The number of esters is 3. The summed E-state index contributed by atoms with van der Waals surface area (Å²) in [5.74, 6) is 0.396. The molecule has 0 fully saturated rings. The Morgan fingerprint density at radius 3 is 1.25 bits per heavy atom. The van der Waals surface area contributed by atoms with Crippen molar-refractivity contribution >= 4 is 93.0 Å². The first-order valence-electron chi connectivity index (χ1n) is 26.5. The average molecular weight is 1250 g/mol. The van der Waals surface area contributed by atoms with Gasteiger partial charge in [0.25, 0.3) is 0 Å². The van der Waals surface area contributed by atoms with Gasteiger partial charge in [0.05, 0.1) is 49.7 Å². The normalized spacial score (nSPS) is 15.8. The SMILES string of the molecule is COCOc1cc2c(cc1Cl)C1(OC(=O)c3ccccc31)c1cc(Cl)c(N(C)c3ccc(CCC(=O)O)cc3)cc1O2.COCOc1cc2c(cc1Cl)C1(OC(=O)c3ccccc31)c1cc(Cl)c(N(C)c3ccc(CCC(=O)OC)cc3)cc1O2.[Li+].[OH-]. The molecule has 0 saturated heterocycles. The van der Waals surface area contributed by atoms with Crippen molar-refractivity contribution in [2.45, 2.75) is 36.9 Å². The number of nitrogens with zero attached hydrogens (tertiary/aromatic N) is 2.